The lowest BCUT2D eigenvalue weighted by atomic mass is 10.1. The second-order valence-electron chi connectivity index (χ2n) is 3.22. The fraction of sp³-hybridized carbons (Fsp3) is 0.364. The smallest absolute Gasteiger partial charge is 0.306 e. The summed E-state index contributed by atoms with van der Waals surface area (Å²) in [5.41, 5.74) is 0.762. The minimum absolute atomic E-state index is 0.000107. The molecule has 0 spiro atoms. The number of esters is 1. The second kappa shape index (κ2) is 5.85. The molecule has 0 aliphatic carbocycles. The fourth-order valence-electron chi connectivity index (χ4n) is 1.28. The molecule has 1 aromatic carbocycles. The Bertz CT molecular complexity index is 390. The molecule has 1 N–H and O–H groups in total. The molecule has 86 valence electrons. The van der Waals surface area contributed by atoms with Crippen LogP contribution in [0.3, 0.4) is 0 Å². The largest absolute Gasteiger partial charge is 0.506 e. The molecule has 0 aliphatic rings. The van der Waals surface area contributed by atoms with E-state index in [-0.39, 0.29) is 23.8 Å². The third-order valence-electron chi connectivity index (χ3n) is 2.06. The molecule has 5 nitrogen and oxygen atoms in total. The van der Waals surface area contributed by atoms with Crippen LogP contribution >= 0.6 is 0 Å². The Morgan fingerprint density at radius 2 is 2.25 bits per heavy atom. The highest BCUT2D eigenvalue weighted by molar-refractivity contribution is 5.69. The van der Waals surface area contributed by atoms with E-state index in [9.17, 15) is 14.8 Å². The first-order chi connectivity index (χ1) is 7.67. The van der Waals surface area contributed by atoms with Crippen molar-refractivity contribution < 1.29 is 14.6 Å². The van der Waals surface area contributed by atoms with E-state index in [0.717, 1.165) is 5.56 Å². The number of nitrogens with zero attached hydrogens (tertiary/aromatic N) is 1. The Labute approximate surface area is 93.0 Å². The van der Waals surface area contributed by atoms with Crippen LogP contribution in [0.1, 0.15) is 18.9 Å². The molecule has 1 rings (SSSR count). The van der Waals surface area contributed by atoms with Gasteiger partial charge in [-0.3, -0.25) is 4.79 Å². The van der Waals surface area contributed by atoms with Gasteiger partial charge >= 0.3 is 5.97 Å². The number of nitroso groups, excluding NO2 is 1. The number of phenols is 1. The third kappa shape index (κ3) is 3.34. The molecule has 1 aromatic rings. The van der Waals surface area contributed by atoms with Crippen molar-refractivity contribution >= 4 is 11.7 Å². The highest BCUT2D eigenvalue weighted by Gasteiger charge is 2.06. The molecule has 0 aromatic heterocycles. The van der Waals surface area contributed by atoms with Gasteiger partial charge < -0.3 is 9.84 Å². The number of hydrogen-bond acceptors (Lipinski definition) is 5. The number of benzene rings is 1. The van der Waals surface area contributed by atoms with Crippen LogP contribution in [0.15, 0.2) is 23.4 Å². The van der Waals surface area contributed by atoms with Gasteiger partial charge in [0.05, 0.1) is 6.61 Å². The number of aryl methyl sites for hydroxylation is 1. The number of aromatic hydroxyl groups is 1. The van der Waals surface area contributed by atoms with E-state index in [0.29, 0.717) is 13.0 Å². The van der Waals surface area contributed by atoms with E-state index in [1.807, 2.05) is 0 Å². The molecule has 0 saturated heterocycles. The van der Waals surface area contributed by atoms with Crippen molar-refractivity contribution in [1.29, 1.82) is 0 Å². The van der Waals surface area contributed by atoms with E-state index in [1.165, 1.54) is 12.1 Å². The number of carbonyl (C=O) groups is 1. The standard InChI is InChI=1S/C11H13NO4/c1-2-16-11(14)6-4-8-3-5-9(12-15)10(13)7-8/h3,5,7,13H,2,4,6H2,1H3. The van der Waals surface area contributed by atoms with Crippen LogP contribution in [0.4, 0.5) is 5.69 Å². The maximum atomic E-state index is 11.1. The van der Waals surface area contributed by atoms with E-state index < -0.39 is 0 Å². The highest BCUT2D eigenvalue weighted by Crippen LogP contribution is 2.27. The summed E-state index contributed by atoms with van der Waals surface area (Å²) in [6, 6.07) is 4.49. The lowest BCUT2D eigenvalue weighted by molar-refractivity contribution is -0.143. The zero-order valence-corrected chi connectivity index (χ0v) is 8.97. The summed E-state index contributed by atoms with van der Waals surface area (Å²) in [6.07, 6.45) is 0.715. The normalized spacial score (nSPS) is 9.81. The number of carbonyl (C=O) groups excluding carboxylic acids is 1. The van der Waals surface area contributed by atoms with Crippen LogP contribution in [0.2, 0.25) is 0 Å². The third-order valence-corrected chi connectivity index (χ3v) is 2.06. The van der Waals surface area contributed by atoms with Crippen molar-refractivity contribution in [2.45, 2.75) is 19.8 Å². The quantitative estimate of drug-likeness (QED) is 0.613. The zero-order valence-electron chi connectivity index (χ0n) is 8.97. The molecule has 16 heavy (non-hydrogen) atoms. The molecule has 0 bridgehead atoms. The summed E-state index contributed by atoms with van der Waals surface area (Å²) >= 11 is 0. The first-order valence-electron chi connectivity index (χ1n) is 4.98. The van der Waals surface area contributed by atoms with Gasteiger partial charge in [0.1, 0.15) is 11.4 Å². The maximum Gasteiger partial charge on any atom is 0.306 e. The molecule has 0 saturated carbocycles. The van der Waals surface area contributed by atoms with Crippen LogP contribution in [0.5, 0.6) is 5.75 Å². The Morgan fingerprint density at radius 1 is 1.50 bits per heavy atom. The summed E-state index contributed by atoms with van der Waals surface area (Å²) in [5.74, 6) is -0.448. The number of hydrogen-bond donors (Lipinski definition) is 1. The zero-order chi connectivity index (χ0) is 12.0. The van der Waals surface area contributed by atoms with Gasteiger partial charge in [0.15, 0.2) is 0 Å². The topological polar surface area (TPSA) is 76.0 Å². The summed E-state index contributed by atoms with van der Waals surface area (Å²) in [6.45, 7) is 2.10. The van der Waals surface area contributed by atoms with Crippen molar-refractivity contribution in [3.05, 3.63) is 28.7 Å². The molecule has 0 aliphatic heterocycles. The Hall–Kier alpha value is -1.91. The fourth-order valence-corrected chi connectivity index (χ4v) is 1.28. The predicted molar refractivity (Wildman–Crippen MR) is 58.5 cm³/mol. The summed E-state index contributed by atoms with van der Waals surface area (Å²) in [5, 5.41) is 12.0. The monoisotopic (exact) mass is 223 g/mol. The van der Waals surface area contributed by atoms with Crippen molar-refractivity contribution in [3.8, 4) is 5.75 Å². The number of phenolic OH excluding ortho intramolecular Hbond substituents is 1. The molecular weight excluding hydrogens is 210 g/mol. The SMILES string of the molecule is CCOC(=O)CCc1ccc(N=O)c(O)c1. The average molecular weight is 223 g/mol. The average Bonchev–Trinajstić information content (AvgIpc) is 2.27. The van der Waals surface area contributed by atoms with Crippen LogP contribution in [0, 0.1) is 4.91 Å². The molecule has 0 amide bonds. The lowest BCUT2D eigenvalue weighted by Crippen LogP contribution is -2.04. The van der Waals surface area contributed by atoms with E-state index in [4.69, 9.17) is 4.74 Å². The van der Waals surface area contributed by atoms with E-state index in [1.54, 1.807) is 13.0 Å². The van der Waals surface area contributed by atoms with E-state index >= 15 is 0 Å². The van der Waals surface area contributed by atoms with Crippen molar-refractivity contribution in [3.63, 3.8) is 0 Å². The minimum Gasteiger partial charge on any atom is -0.506 e. The van der Waals surface area contributed by atoms with Gasteiger partial charge in [-0.05, 0) is 36.2 Å². The van der Waals surface area contributed by atoms with Gasteiger partial charge in [-0.1, -0.05) is 6.07 Å². The van der Waals surface area contributed by atoms with Crippen LogP contribution in [0.25, 0.3) is 0 Å². The lowest BCUT2D eigenvalue weighted by Gasteiger charge is -2.03. The summed E-state index contributed by atoms with van der Waals surface area (Å²) in [4.78, 5) is 21.3. The molecule has 5 heteroatoms. The van der Waals surface area contributed by atoms with Gasteiger partial charge in [-0.25, -0.2) is 0 Å². The molecule has 0 heterocycles. The van der Waals surface area contributed by atoms with Gasteiger partial charge in [0.25, 0.3) is 0 Å². The molecule has 0 unspecified atom stereocenters. The van der Waals surface area contributed by atoms with Gasteiger partial charge in [0.2, 0.25) is 0 Å². The van der Waals surface area contributed by atoms with Crippen molar-refractivity contribution in [2.24, 2.45) is 5.18 Å². The van der Waals surface area contributed by atoms with Crippen molar-refractivity contribution in [1.82, 2.24) is 0 Å². The first-order valence-corrected chi connectivity index (χ1v) is 4.98. The van der Waals surface area contributed by atoms with Gasteiger partial charge in [-0.2, -0.15) is 0 Å². The number of ether oxygens (including phenoxy) is 1. The maximum absolute atomic E-state index is 11.1. The second-order valence-corrected chi connectivity index (χ2v) is 3.22. The molecular formula is C11H13NO4. The summed E-state index contributed by atoms with van der Waals surface area (Å²) in [7, 11) is 0. The summed E-state index contributed by atoms with van der Waals surface area (Å²) < 4.78 is 4.77. The van der Waals surface area contributed by atoms with Crippen LogP contribution < -0.4 is 0 Å². The van der Waals surface area contributed by atoms with Gasteiger partial charge in [-0.15, -0.1) is 4.91 Å². The predicted octanol–water partition coefficient (Wildman–Crippen LogP) is 2.29. The Balaban J connectivity index is 2.58. The highest BCUT2D eigenvalue weighted by atomic mass is 16.5. The molecule has 0 fully saturated rings. The van der Waals surface area contributed by atoms with Crippen LogP contribution in [-0.2, 0) is 16.0 Å². The Morgan fingerprint density at radius 3 is 2.81 bits per heavy atom. The number of rotatable bonds is 5. The van der Waals surface area contributed by atoms with Gasteiger partial charge in [0, 0.05) is 6.42 Å². The van der Waals surface area contributed by atoms with E-state index in [2.05, 4.69) is 5.18 Å². The van der Waals surface area contributed by atoms with Crippen LogP contribution in [-0.4, -0.2) is 17.7 Å². The molecule has 0 radical (unpaired) electrons. The Kier molecular flexibility index (Phi) is 4.44. The first kappa shape index (κ1) is 12.2. The van der Waals surface area contributed by atoms with Crippen molar-refractivity contribution in [2.75, 3.05) is 6.61 Å². The molecule has 0 atom stereocenters. The minimum atomic E-state index is -0.278.